The first-order chi connectivity index (χ1) is 8.47. The second kappa shape index (κ2) is 6.50. The van der Waals surface area contributed by atoms with E-state index in [4.69, 9.17) is 5.26 Å². The smallest absolute Gasteiger partial charge is 0.185 e. The van der Waals surface area contributed by atoms with Gasteiger partial charge < -0.3 is 10.2 Å². The summed E-state index contributed by atoms with van der Waals surface area (Å²) in [4.78, 5) is 10.7. The quantitative estimate of drug-likeness (QED) is 0.862. The molecule has 0 aliphatic rings. The Morgan fingerprint density at radius 2 is 2.22 bits per heavy atom. The fraction of sp³-hybridized carbons (Fsp3) is 0.333. The maximum atomic E-state index is 13.7. The molecule has 2 unspecified atom stereocenters. The number of nitriles is 1. The van der Waals surface area contributed by atoms with Gasteiger partial charge in [-0.15, -0.1) is 0 Å². The molecule has 4 nitrogen and oxygen atoms in total. The third-order valence-electron chi connectivity index (χ3n) is 2.29. The number of aliphatic hydroxyl groups excluding tert-OH is 2. The van der Waals surface area contributed by atoms with Gasteiger partial charge in [0, 0.05) is 18.2 Å². The van der Waals surface area contributed by atoms with Gasteiger partial charge in [0.05, 0.1) is 11.7 Å². The summed E-state index contributed by atoms with van der Waals surface area (Å²) in [6.45, 7) is 1.33. The molecule has 0 fully saturated rings. The van der Waals surface area contributed by atoms with Crippen molar-refractivity contribution in [3.63, 3.8) is 0 Å². The summed E-state index contributed by atoms with van der Waals surface area (Å²) in [6, 6.07) is 5.65. The summed E-state index contributed by atoms with van der Waals surface area (Å²) < 4.78 is 13.7. The van der Waals surface area contributed by atoms with Crippen molar-refractivity contribution in [3.8, 4) is 6.07 Å². The maximum absolute atomic E-state index is 13.7. The number of benzene rings is 1. The molecule has 1 aromatic rings. The van der Waals surface area contributed by atoms with E-state index in [2.05, 4.69) is 0 Å². The van der Waals surface area contributed by atoms with E-state index in [1.807, 2.05) is 0 Å². The molecule has 0 aromatic heterocycles. The van der Waals surface area contributed by atoms with Crippen molar-refractivity contribution < 1.29 is 19.4 Å². The molecule has 0 amide bonds. The lowest BCUT2D eigenvalue weighted by atomic mass is 10.0. The number of thioether (sulfide) groups is 1. The lowest BCUT2D eigenvalue weighted by molar-refractivity contribution is -0.109. The molecule has 6 heteroatoms. The van der Waals surface area contributed by atoms with Crippen LogP contribution in [0.3, 0.4) is 0 Å². The summed E-state index contributed by atoms with van der Waals surface area (Å²) in [6.07, 6.45) is -2.74. The Balaban J connectivity index is 2.87. The lowest BCUT2D eigenvalue weighted by Gasteiger charge is -2.18. The van der Waals surface area contributed by atoms with Gasteiger partial charge in [-0.2, -0.15) is 5.26 Å². The third-order valence-corrected chi connectivity index (χ3v) is 3.20. The van der Waals surface area contributed by atoms with Gasteiger partial charge in [-0.1, -0.05) is 23.9 Å². The van der Waals surface area contributed by atoms with Crippen molar-refractivity contribution >= 4 is 16.9 Å². The molecule has 0 saturated heterocycles. The first-order valence-corrected chi connectivity index (χ1v) is 6.14. The molecule has 2 N–H and O–H groups in total. The van der Waals surface area contributed by atoms with E-state index in [1.54, 1.807) is 6.07 Å². The van der Waals surface area contributed by atoms with Crippen molar-refractivity contribution in [2.75, 3.05) is 5.75 Å². The SMILES string of the molecule is CC(=O)SCC(O)C(O)c1cccc(C#N)c1F. The van der Waals surface area contributed by atoms with Crippen LogP contribution in [0.25, 0.3) is 0 Å². The summed E-state index contributed by atoms with van der Waals surface area (Å²) >= 11 is 0.842. The predicted octanol–water partition coefficient (Wildman–Crippen LogP) is 1.37. The van der Waals surface area contributed by atoms with Crippen LogP contribution in [0.4, 0.5) is 4.39 Å². The highest BCUT2D eigenvalue weighted by Gasteiger charge is 2.23. The van der Waals surface area contributed by atoms with E-state index >= 15 is 0 Å². The standard InChI is InChI=1S/C12H12FNO3S/c1-7(15)18-6-10(16)12(17)9-4-2-3-8(5-14)11(9)13/h2-4,10,12,16-17H,6H2,1H3. The summed E-state index contributed by atoms with van der Waals surface area (Å²) in [7, 11) is 0. The number of halogens is 1. The van der Waals surface area contributed by atoms with Crippen molar-refractivity contribution in [1.29, 1.82) is 5.26 Å². The van der Waals surface area contributed by atoms with Gasteiger partial charge in [-0.3, -0.25) is 4.79 Å². The Hall–Kier alpha value is -1.42. The molecular formula is C12H12FNO3S. The van der Waals surface area contributed by atoms with E-state index in [9.17, 15) is 19.4 Å². The van der Waals surface area contributed by atoms with Crippen LogP contribution in [-0.4, -0.2) is 27.2 Å². The van der Waals surface area contributed by atoms with E-state index < -0.39 is 18.0 Å². The minimum absolute atomic E-state index is 0.0350. The number of nitrogens with zero attached hydrogens (tertiary/aromatic N) is 1. The Labute approximate surface area is 108 Å². The number of hydrogen-bond donors (Lipinski definition) is 2. The normalized spacial score (nSPS) is 13.7. The average Bonchev–Trinajstić information content (AvgIpc) is 2.35. The largest absolute Gasteiger partial charge is 0.389 e. The average molecular weight is 269 g/mol. The van der Waals surface area contributed by atoms with E-state index in [0.29, 0.717) is 0 Å². The molecule has 0 bridgehead atoms. The van der Waals surface area contributed by atoms with E-state index in [-0.39, 0.29) is 22.0 Å². The molecule has 0 aliphatic carbocycles. The zero-order valence-electron chi connectivity index (χ0n) is 9.63. The molecule has 1 rings (SSSR count). The first-order valence-electron chi connectivity index (χ1n) is 5.15. The van der Waals surface area contributed by atoms with Crippen LogP contribution < -0.4 is 0 Å². The van der Waals surface area contributed by atoms with Crippen molar-refractivity contribution in [3.05, 3.63) is 35.1 Å². The first kappa shape index (κ1) is 14.6. The highest BCUT2D eigenvalue weighted by molar-refractivity contribution is 8.13. The maximum Gasteiger partial charge on any atom is 0.185 e. The molecule has 0 aliphatic heterocycles. The molecule has 96 valence electrons. The number of aliphatic hydroxyl groups is 2. The second-order valence-corrected chi connectivity index (χ2v) is 4.83. The Morgan fingerprint density at radius 1 is 1.56 bits per heavy atom. The summed E-state index contributed by atoms with van der Waals surface area (Å²) in [5.41, 5.74) is -0.344. The molecule has 18 heavy (non-hydrogen) atoms. The van der Waals surface area contributed by atoms with Gasteiger partial charge in [-0.05, 0) is 6.07 Å². The molecule has 0 radical (unpaired) electrons. The lowest BCUT2D eigenvalue weighted by Crippen LogP contribution is -2.22. The minimum atomic E-state index is -1.47. The van der Waals surface area contributed by atoms with Gasteiger partial charge in [0.15, 0.2) is 5.12 Å². The number of hydrogen-bond acceptors (Lipinski definition) is 5. The van der Waals surface area contributed by atoms with Crippen LogP contribution in [0, 0.1) is 17.1 Å². The van der Waals surface area contributed by atoms with Gasteiger partial charge in [0.1, 0.15) is 18.0 Å². The molecular weight excluding hydrogens is 257 g/mol. The minimum Gasteiger partial charge on any atom is -0.389 e. The highest BCUT2D eigenvalue weighted by Crippen LogP contribution is 2.24. The van der Waals surface area contributed by atoms with Crippen molar-refractivity contribution in [2.24, 2.45) is 0 Å². The van der Waals surface area contributed by atoms with E-state index in [0.717, 1.165) is 11.8 Å². The fourth-order valence-electron chi connectivity index (χ4n) is 1.37. The van der Waals surface area contributed by atoms with Crippen LogP contribution in [0.5, 0.6) is 0 Å². The highest BCUT2D eigenvalue weighted by atomic mass is 32.2. The molecule has 1 aromatic carbocycles. The Morgan fingerprint density at radius 3 is 2.78 bits per heavy atom. The number of carbonyl (C=O) groups excluding carboxylic acids is 1. The molecule has 0 saturated carbocycles. The van der Waals surface area contributed by atoms with Crippen molar-refractivity contribution in [2.45, 2.75) is 19.1 Å². The number of rotatable bonds is 4. The predicted molar refractivity (Wildman–Crippen MR) is 65.2 cm³/mol. The Kier molecular flexibility index (Phi) is 5.28. The molecule has 0 heterocycles. The zero-order chi connectivity index (χ0) is 13.7. The van der Waals surface area contributed by atoms with Crippen LogP contribution in [-0.2, 0) is 4.79 Å². The van der Waals surface area contributed by atoms with Gasteiger partial charge in [-0.25, -0.2) is 4.39 Å². The summed E-state index contributed by atoms with van der Waals surface area (Å²) in [5, 5.41) is 27.9. The van der Waals surface area contributed by atoms with Crippen LogP contribution in [0.1, 0.15) is 24.2 Å². The van der Waals surface area contributed by atoms with Crippen LogP contribution in [0.2, 0.25) is 0 Å². The Bertz CT molecular complexity index is 487. The van der Waals surface area contributed by atoms with Gasteiger partial charge in [0.25, 0.3) is 0 Å². The number of carbonyl (C=O) groups is 1. The van der Waals surface area contributed by atoms with Gasteiger partial charge in [0.2, 0.25) is 0 Å². The molecule has 2 atom stereocenters. The van der Waals surface area contributed by atoms with E-state index in [1.165, 1.54) is 25.1 Å². The molecule has 0 spiro atoms. The third kappa shape index (κ3) is 3.53. The van der Waals surface area contributed by atoms with Crippen LogP contribution >= 0.6 is 11.8 Å². The zero-order valence-corrected chi connectivity index (χ0v) is 10.4. The second-order valence-electron chi connectivity index (χ2n) is 3.64. The monoisotopic (exact) mass is 269 g/mol. The van der Waals surface area contributed by atoms with Crippen molar-refractivity contribution in [1.82, 2.24) is 0 Å². The fourth-order valence-corrected chi connectivity index (χ4v) is 1.95. The summed E-state index contributed by atoms with van der Waals surface area (Å²) in [5.74, 6) is -0.883. The topological polar surface area (TPSA) is 81.3 Å². The van der Waals surface area contributed by atoms with Gasteiger partial charge >= 0.3 is 0 Å². The van der Waals surface area contributed by atoms with Crippen LogP contribution in [0.15, 0.2) is 18.2 Å².